The van der Waals surface area contributed by atoms with Crippen molar-refractivity contribution in [3.05, 3.63) is 16.6 Å². The minimum atomic E-state index is 0.355. The third-order valence-electron chi connectivity index (χ3n) is 4.84. The van der Waals surface area contributed by atoms with E-state index in [1.54, 1.807) is 11.3 Å². The number of nitrogens with one attached hydrogen (secondary N) is 1. The Balaban J connectivity index is 1.73. The van der Waals surface area contributed by atoms with Gasteiger partial charge in [0.2, 0.25) is 0 Å². The molecule has 2 fully saturated rings. The van der Waals surface area contributed by atoms with Crippen molar-refractivity contribution in [1.82, 2.24) is 15.2 Å². The Labute approximate surface area is 120 Å². The second-order valence-corrected chi connectivity index (χ2v) is 7.32. The van der Waals surface area contributed by atoms with Gasteiger partial charge < -0.3 is 5.32 Å². The summed E-state index contributed by atoms with van der Waals surface area (Å²) in [6.45, 7) is 8.17. The van der Waals surface area contributed by atoms with Crippen LogP contribution >= 0.6 is 11.3 Å². The Morgan fingerprint density at radius 2 is 2.37 bits per heavy atom. The van der Waals surface area contributed by atoms with Crippen LogP contribution in [-0.2, 0) is 6.54 Å². The zero-order chi connectivity index (χ0) is 13.3. The van der Waals surface area contributed by atoms with Crippen LogP contribution in [0.15, 0.2) is 11.7 Å². The third-order valence-corrected chi connectivity index (χ3v) is 5.60. The SMILES string of the molecule is CCCC1CN(Cc2cncs2)C(C)(C2CC2)CN1. The molecule has 0 spiro atoms. The third kappa shape index (κ3) is 2.86. The van der Waals surface area contributed by atoms with E-state index in [9.17, 15) is 0 Å². The molecule has 4 heteroatoms. The molecule has 1 N–H and O–H groups in total. The molecule has 1 saturated heterocycles. The normalized spacial score (nSPS) is 32.6. The summed E-state index contributed by atoms with van der Waals surface area (Å²) < 4.78 is 0. The molecule has 2 heterocycles. The van der Waals surface area contributed by atoms with E-state index in [-0.39, 0.29) is 0 Å². The van der Waals surface area contributed by atoms with Crippen molar-refractivity contribution in [2.75, 3.05) is 13.1 Å². The number of aromatic nitrogens is 1. The summed E-state index contributed by atoms with van der Waals surface area (Å²) in [6.07, 6.45) is 7.42. The highest BCUT2D eigenvalue weighted by atomic mass is 32.1. The van der Waals surface area contributed by atoms with Crippen molar-refractivity contribution in [2.45, 2.75) is 57.7 Å². The Morgan fingerprint density at radius 1 is 1.53 bits per heavy atom. The molecule has 1 aromatic rings. The summed E-state index contributed by atoms with van der Waals surface area (Å²) in [7, 11) is 0. The Morgan fingerprint density at radius 3 is 3.00 bits per heavy atom. The lowest BCUT2D eigenvalue weighted by molar-refractivity contribution is 0.0268. The number of hydrogen-bond donors (Lipinski definition) is 1. The van der Waals surface area contributed by atoms with Gasteiger partial charge in [0.15, 0.2) is 0 Å². The average molecular weight is 279 g/mol. The molecule has 0 bridgehead atoms. The molecule has 3 nitrogen and oxygen atoms in total. The summed E-state index contributed by atoms with van der Waals surface area (Å²) in [5, 5.41) is 3.79. The van der Waals surface area contributed by atoms with E-state index in [0.29, 0.717) is 11.6 Å². The summed E-state index contributed by atoms with van der Waals surface area (Å²) in [6, 6.07) is 0.671. The molecule has 1 aliphatic heterocycles. The van der Waals surface area contributed by atoms with Crippen LogP contribution in [0.5, 0.6) is 0 Å². The van der Waals surface area contributed by atoms with E-state index in [1.165, 1.54) is 37.1 Å². The van der Waals surface area contributed by atoms with Gasteiger partial charge in [0.05, 0.1) is 5.51 Å². The quantitative estimate of drug-likeness (QED) is 0.898. The molecule has 19 heavy (non-hydrogen) atoms. The lowest BCUT2D eigenvalue weighted by Crippen LogP contribution is -2.63. The molecule has 2 aliphatic rings. The maximum atomic E-state index is 4.23. The van der Waals surface area contributed by atoms with Crippen LogP contribution in [0.2, 0.25) is 0 Å². The van der Waals surface area contributed by atoms with E-state index in [1.807, 2.05) is 11.7 Å². The van der Waals surface area contributed by atoms with E-state index in [2.05, 4.69) is 29.0 Å². The average Bonchev–Trinajstić information content (AvgIpc) is 3.14. The van der Waals surface area contributed by atoms with Gasteiger partial charge in [0, 0.05) is 42.3 Å². The molecule has 1 aliphatic carbocycles. The Bertz CT molecular complexity index is 402. The van der Waals surface area contributed by atoms with Gasteiger partial charge in [0.1, 0.15) is 0 Å². The first kappa shape index (κ1) is 13.5. The first-order valence-electron chi connectivity index (χ1n) is 7.58. The fourth-order valence-electron chi connectivity index (χ4n) is 3.40. The first-order valence-corrected chi connectivity index (χ1v) is 8.46. The number of hydrogen-bond acceptors (Lipinski definition) is 4. The van der Waals surface area contributed by atoms with Crippen LogP contribution < -0.4 is 5.32 Å². The minimum Gasteiger partial charge on any atom is -0.311 e. The van der Waals surface area contributed by atoms with Gasteiger partial charge in [-0.3, -0.25) is 9.88 Å². The van der Waals surface area contributed by atoms with Crippen molar-refractivity contribution >= 4 is 11.3 Å². The highest BCUT2D eigenvalue weighted by Gasteiger charge is 2.48. The Kier molecular flexibility index (Phi) is 3.92. The molecule has 0 amide bonds. The molecule has 0 radical (unpaired) electrons. The summed E-state index contributed by atoms with van der Waals surface area (Å²) in [5.74, 6) is 0.899. The van der Waals surface area contributed by atoms with Crippen LogP contribution in [-0.4, -0.2) is 34.6 Å². The number of piperazine rings is 1. The van der Waals surface area contributed by atoms with Crippen molar-refractivity contribution in [3.8, 4) is 0 Å². The lowest BCUT2D eigenvalue weighted by Gasteiger charge is -2.48. The maximum Gasteiger partial charge on any atom is 0.0794 e. The lowest BCUT2D eigenvalue weighted by atomic mass is 9.88. The zero-order valence-electron chi connectivity index (χ0n) is 12.1. The van der Waals surface area contributed by atoms with E-state index in [4.69, 9.17) is 0 Å². The highest BCUT2D eigenvalue weighted by molar-refractivity contribution is 7.09. The van der Waals surface area contributed by atoms with Crippen LogP contribution in [0, 0.1) is 5.92 Å². The van der Waals surface area contributed by atoms with Crippen molar-refractivity contribution in [1.29, 1.82) is 0 Å². The van der Waals surface area contributed by atoms with Gasteiger partial charge in [-0.25, -0.2) is 0 Å². The van der Waals surface area contributed by atoms with Gasteiger partial charge >= 0.3 is 0 Å². The topological polar surface area (TPSA) is 28.2 Å². The van der Waals surface area contributed by atoms with E-state index < -0.39 is 0 Å². The van der Waals surface area contributed by atoms with Crippen LogP contribution in [0.3, 0.4) is 0 Å². The number of rotatable bonds is 5. The van der Waals surface area contributed by atoms with Crippen LogP contribution in [0.4, 0.5) is 0 Å². The molecule has 3 rings (SSSR count). The summed E-state index contributed by atoms with van der Waals surface area (Å²) >= 11 is 1.79. The van der Waals surface area contributed by atoms with Gasteiger partial charge in [-0.1, -0.05) is 13.3 Å². The zero-order valence-corrected chi connectivity index (χ0v) is 12.9. The van der Waals surface area contributed by atoms with Gasteiger partial charge in [-0.05, 0) is 32.1 Å². The summed E-state index contributed by atoms with van der Waals surface area (Å²) in [4.78, 5) is 8.37. The fourth-order valence-corrected chi connectivity index (χ4v) is 4.01. The fraction of sp³-hybridized carbons (Fsp3) is 0.800. The van der Waals surface area contributed by atoms with Crippen molar-refractivity contribution in [2.24, 2.45) is 5.92 Å². The first-order chi connectivity index (χ1) is 9.22. The van der Waals surface area contributed by atoms with Crippen molar-refractivity contribution in [3.63, 3.8) is 0 Å². The molecule has 106 valence electrons. The second kappa shape index (κ2) is 5.51. The van der Waals surface area contributed by atoms with Gasteiger partial charge in [-0.2, -0.15) is 0 Å². The second-order valence-electron chi connectivity index (χ2n) is 6.35. The number of nitrogens with zero attached hydrogens (tertiary/aromatic N) is 2. The molecule has 0 aromatic carbocycles. The molecule has 1 aromatic heterocycles. The van der Waals surface area contributed by atoms with Gasteiger partial charge in [0.25, 0.3) is 0 Å². The van der Waals surface area contributed by atoms with Crippen molar-refractivity contribution < 1.29 is 0 Å². The monoisotopic (exact) mass is 279 g/mol. The van der Waals surface area contributed by atoms with Gasteiger partial charge in [-0.15, -0.1) is 11.3 Å². The molecular formula is C15H25N3S. The largest absolute Gasteiger partial charge is 0.311 e. The minimum absolute atomic E-state index is 0.355. The molecule has 2 atom stereocenters. The van der Waals surface area contributed by atoms with E-state index >= 15 is 0 Å². The van der Waals surface area contributed by atoms with Crippen LogP contribution in [0.25, 0.3) is 0 Å². The maximum absolute atomic E-state index is 4.23. The predicted octanol–water partition coefficient (Wildman–Crippen LogP) is 2.89. The van der Waals surface area contributed by atoms with Crippen LogP contribution in [0.1, 0.15) is 44.4 Å². The predicted molar refractivity (Wildman–Crippen MR) is 80.4 cm³/mol. The van der Waals surface area contributed by atoms with E-state index in [0.717, 1.165) is 19.0 Å². The smallest absolute Gasteiger partial charge is 0.0794 e. The number of thiazole rings is 1. The molecule has 1 saturated carbocycles. The highest BCUT2D eigenvalue weighted by Crippen LogP contribution is 2.44. The Hall–Kier alpha value is -0.450. The summed E-state index contributed by atoms with van der Waals surface area (Å²) in [5.41, 5.74) is 2.31. The molecular weight excluding hydrogens is 254 g/mol. The molecule has 2 unspecified atom stereocenters. The standard InChI is InChI=1S/C15H25N3S/c1-3-4-13-8-18(9-14-7-16-11-19-14)15(2,10-17-13)12-5-6-12/h7,11-13,17H,3-6,8-10H2,1-2H3.